The van der Waals surface area contributed by atoms with E-state index in [9.17, 15) is 19.7 Å². The molecule has 0 radical (unpaired) electrons. The molecule has 0 saturated carbocycles. The van der Waals surface area contributed by atoms with Crippen molar-refractivity contribution in [2.75, 3.05) is 49.2 Å². The van der Waals surface area contributed by atoms with Crippen LogP contribution in [-0.2, 0) is 14.2 Å². The Balaban J connectivity index is 1.62. The van der Waals surface area contributed by atoms with Gasteiger partial charge in [-0.2, -0.15) is 0 Å². The SMILES string of the molecule is CC(C)(C)OC(=O)N1CCN(c2cc([N+](=O)[O-])cc(-c3ccnc(N(C(=O)OC(C)(C)C)C4CCOCC4)c3)n2)CC1. The van der Waals surface area contributed by atoms with Gasteiger partial charge in [-0.15, -0.1) is 0 Å². The van der Waals surface area contributed by atoms with Gasteiger partial charge in [0.25, 0.3) is 5.69 Å². The highest BCUT2D eigenvalue weighted by Crippen LogP contribution is 2.31. The number of piperazine rings is 1. The number of nitro groups is 1. The van der Waals surface area contributed by atoms with Gasteiger partial charge in [-0.25, -0.2) is 19.6 Å². The predicted octanol–water partition coefficient (Wildman–Crippen LogP) is 5.03. The summed E-state index contributed by atoms with van der Waals surface area (Å²) in [7, 11) is 0. The van der Waals surface area contributed by atoms with Gasteiger partial charge in [-0.1, -0.05) is 0 Å². The van der Waals surface area contributed by atoms with Gasteiger partial charge in [-0.05, 0) is 66.5 Å². The molecule has 0 N–H and O–H groups in total. The molecular weight excluding hydrogens is 544 g/mol. The Morgan fingerprint density at radius 1 is 1.00 bits per heavy atom. The zero-order valence-corrected chi connectivity index (χ0v) is 25.2. The molecule has 2 fully saturated rings. The van der Waals surface area contributed by atoms with E-state index in [-0.39, 0.29) is 11.7 Å². The second-order valence-corrected chi connectivity index (χ2v) is 12.4. The van der Waals surface area contributed by atoms with Crippen LogP contribution in [0.2, 0.25) is 0 Å². The summed E-state index contributed by atoms with van der Waals surface area (Å²) in [5.41, 5.74) is -0.483. The molecule has 2 aliphatic heterocycles. The first kappa shape index (κ1) is 30.9. The Labute approximate surface area is 245 Å². The Bertz CT molecular complexity index is 1290. The zero-order valence-electron chi connectivity index (χ0n) is 25.2. The van der Waals surface area contributed by atoms with Crippen LogP contribution in [0.5, 0.6) is 0 Å². The molecule has 2 amide bonds. The number of carbonyl (C=O) groups is 2. The molecule has 0 aromatic carbocycles. The van der Waals surface area contributed by atoms with Crippen molar-refractivity contribution in [2.45, 2.75) is 71.6 Å². The van der Waals surface area contributed by atoms with Crippen molar-refractivity contribution in [1.82, 2.24) is 14.9 Å². The van der Waals surface area contributed by atoms with Crippen LogP contribution >= 0.6 is 0 Å². The third kappa shape index (κ3) is 8.05. The second-order valence-electron chi connectivity index (χ2n) is 12.4. The van der Waals surface area contributed by atoms with E-state index >= 15 is 0 Å². The van der Waals surface area contributed by atoms with E-state index in [0.717, 1.165) is 0 Å². The van der Waals surface area contributed by atoms with E-state index in [1.54, 1.807) is 48.9 Å². The van der Waals surface area contributed by atoms with Crippen LogP contribution in [0.25, 0.3) is 11.3 Å². The molecular formula is C29H40N6O7. The van der Waals surface area contributed by atoms with E-state index in [1.165, 1.54) is 12.1 Å². The molecule has 13 nitrogen and oxygen atoms in total. The molecule has 42 heavy (non-hydrogen) atoms. The molecule has 0 atom stereocenters. The summed E-state index contributed by atoms with van der Waals surface area (Å²) in [6.07, 6.45) is 1.90. The van der Waals surface area contributed by atoms with E-state index in [2.05, 4.69) is 4.98 Å². The normalized spacial score (nSPS) is 16.6. The second kappa shape index (κ2) is 12.5. The molecule has 0 aliphatic carbocycles. The summed E-state index contributed by atoms with van der Waals surface area (Å²) >= 11 is 0. The number of hydrogen-bond donors (Lipinski definition) is 0. The third-order valence-corrected chi connectivity index (χ3v) is 6.70. The Morgan fingerprint density at radius 2 is 1.64 bits per heavy atom. The first-order valence-electron chi connectivity index (χ1n) is 14.2. The lowest BCUT2D eigenvalue weighted by molar-refractivity contribution is -0.384. The topological polar surface area (TPSA) is 140 Å². The maximum Gasteiger partial charge on any atom is 0.416 e. The molecule has 2 aromatic heterocycles. The van der Waals surface area contributed by atoms with E-state index in [1.807, 2.05) is 25.7 Å². The lowest BCUT2D eigenvalue weighted by Crippen LogP contribution is -2.50. The minimum atomic E-state index is -0.706. The zero-order chi connectivity index (χ0) is 30.7. The number of amides is 2. The molecule has 0 bridgehead atoms. The highest BCUT2D eigenvalue weighted by molar-refractivity contribution is 5.88. The number of rotatable bonds is 5. The molecule has 228 valence electrons. The Kier molecular flexibility index (Phi) is 9.19. The van der Waals surface area contributed by atoms with Gasteiger partial charge in [0.15, 0.2) is 0 Å². The first-order chi connectivity index (χ1) is 19.7. The van der Waals surface area contributed by atoms with Crippen LogP contribution in [0.3, 0.4) is 0 Å². The first-order valence-corrected chi connectivity index (χ1v) is 14.2. The van der Waals surface area contributed by atoms with E-state index in [0.29, 0.717) is 75.1 Å². The average Bonchev–Trinajstić information content (AvgIpc) is 2.92. The molecule has 0 spiro atoms. The van der Waals surface area contributed by atoms with Crippen molar-refractivity contribution in [2.24, 2.45) is 0 Å². The van der Waals surface area contributed by atoms with Gasteiger partial charge >= 0.3 is 12.2 Å². The highest BCUT2D eigenvalue weighted by atomic mass is 16.6. The summed E-state index contributed by atoms with van der Waals surface area (Å²) in [4.78, 5) is 51.6. The fraction of sp³-hybridized carbons (Fsp3) is 0.586. The van der Waals surface area contributed by atoms with E-state index in [4.69, 9.17) is 19.2 Å². The fourth-order valence-corrected chi connectivity index (χ4v) is 4.76. The standard InChI is InChI=1S/C29H40N6O7/c1-28(2,3)41-26(36)33-13-11-32(12-14-33)25-19-22(35(38)39)18-23(31-25)20-7-10-30-24(17-20)34(21-8-15-40-16-9-21)27(37)42-29(4,5)6/h7,10,17-19,21H,8-9,11-16H2,1-6H3. The van der Waals surface area contributed by atoms with Gasteiger partial charge in [0.05, 0.1) is 16.7 Å². The smallest absolute Gasteiger partial charge is 0.416 e. The highest BCUT2D eigenvalue weighted by Gasteiger charge is 2.33. The van der Waals surface area contributed by atoms with Crippen molar-refractivity contribution in [1.29, 1.82) is 0 Å². The summed E-state index contributed by atoms with van der Waals surface area (Å²) in [6.45, 7) is 13.5. The van der Waals surface area contributed by atoms with Gasteiger partial charge in [0, 0.05) is 63.3 Å². The fourth-order valence-electron chi connectivity index (χ4n) is 4.76. The summed E-state index contributed by atoms with van der Waals surface area (Å²) in [5, 5.41) is 11.9. The largest absolute Gasteiger partial charge is 0.444 e. The average molecular weight is 585 g/mol. The van der Waals surface area contributed by atoms with Crippen LogP contribution in [0.4, 0.5) is 26.9 Å². The number of aromatic nitrogens is 2. The molecule has 0 unspecified atom stereocenters. The van der Waals surface area contributed by atoms with Crippen LogP contribution in [0.1, 0.15) is 54.4 Å². The Hall–Kier alpha value is -4.00. The quantitative estimate of drug-likeness (QED) is 0.347. The van der Waals surface area contributed by atoms with Crippen molar-refractivity contribution in [3.05, 3.63) is 40.6 Å². The monoisotopic (exact) mass is 584 g/mol. The number of carbonyl (C=O) groups excluding carboxylic acids is 2. The number of pyridine rings is 2. The van der Waals surface area contributed by atoms with Crippen molar-refractivity contribution >= 4 is 29.5 Å². The predicted molar refractivity (Wildman–Crippen MR) is 157 cm³/mol. The van der Waals surface area contributed by atoms with E-state index < -0.39 is 28.3 Å². The summed E-state index contributed by atoms with van der Waals surface area (Å²) in [6, 6.07) is 6.08. The third-order valence-electron chi connectivity index (χ3n) is 6.70. The van der Waals surface area contributed by atoms with Crippen molar-refractivity contribution in [3.8, 4) is 11.3 Å². The van der Waals surface area contributed by atoms with Gasteiger partial charge < -0.3 is 24.0 Å². The molecule has 2 aromatic rings. The number of anilines is 2. The molecule has 4 heterocycles. The van der Waals surface area contributed by atoms with Crippen molar-refractivity contribution in [3.63, 3.8) is 0 Å². The summed E-state index contributed by atoms with van der Waals surface area (Å²) in [5.74, 6) is 0.796. The number of nitrogens with zero attached hydrogens (tertiary/aromatic N) is 6. The minimum absolute atomic E-state index is 0.114. The van der Waals surface area contributed by atoms with Crippen LogP contribution < -0.4 is 9.80 Å². The Morgan fingerprint density at radius 3 is 2.24 bits per heavy atom. The maximum absolute atomic E-state index is 13.3. The van der Waals surface area contributed by atoms with Gasteiger partial charge in [0.2, 0.25) is 0 Å². The molecule has 2 aliphatic rings. The van der Waals surface area contributed by atoms with Crippen LogP contribution in [-0.4, -0.2) is 88.6 Å². The lowest BCUT2D eigenvalue weighted by Gasteiger charge is -2.36. The lowest BCUT2D eigenvalue weighted by atomic mass is 10.1. The summed E-state index contributed by atoms with van der Waals surface area (Å²) < 4.78 is 16.7. The van der Waals surface area contributed by atoms with Crippen molar-refractivity contribution < 1.29 is 28.7 Å². The van der Waals surface area contributed by atoms with Crippen LogP contribution in [0.15, 0.2) is 30.5 Å². The number of hydrogen-bond acceptors (Lipinski definition) is 10. The van der Waals surface area contributed by atoms with Gasteiger partial charge in [0.1, 0.15) is 22.8 Å². The molecule has 4 rings (SSSR count). The maximum atomic E-state index is 13.3. The minimum Gasteiger partial charge on any atom is -0.444 e. The van der Waals surface area contributed by atoms with Crippen LogP contribution in [0, 0.1) is 10.1 Å². The van der Waals surface area contributed by atoms with Gasteiger partial charge in [-0.3, -0.25) is 15.0 Å². The molecule has 13 heteroatoms. The number of ether oxygens (including phenoxy) is 3. The molecule has 2 saturated heterocycles.